The van der Waals surface area contributed by atoms with Crippen LogP contribution in [0.5, 0.6) is 11.5 Å². The van der Waals surface area contributed by atoms with E-state index in [1.54, 1.807) is 28.8 Å². The second-order valence-electron chi connectivity index (χ2n) is 7.03. The van der Waals surface area contributed by atoms with Crippen molar-refractivity contribution in [2.24, 2.45) is 0 Å². The van der Waals surface area contributed by atoms with E-state index in [2.05, 4.69) is 10.1 Å². The van der Waals surface area contributed by atoms with Crippen LogP contribution in [-0.4, -0.2) is 52.8 Å². The summed E-state index contributed by atoms with van der Waals surface area (Å²) >= 11 is 0. The fourth-order valence-corrected chi connectivity index (χ4v) is 6.33. The molecule has 1 aromatic heterocycles. The topological polar surface area (TPSA) is 86.6 Å². The molecule has 2 aromatic rings. The number of fused-ring (bicyclic) bond motifs is 3. The van der Waals surface area contributed by atoms with Crippen molar-refractivity contribution >= 4 is 10.0 Å². The van der Waals surface area contributed by atoms with Crippen LogP contribution in [0.2, 0.25) is 0 Å². The van der Waals surface area contributed by atoms with Gasteiger partial charge in [0.1, 0.15) is 25.9 Å². The van der Waals surface area contributed by atoms with Crippen LogP contribution in [0.1, 0.15) is 31.7 Å². The quantitative estimate of drug-likeness (QED) is 0.809. The van der Waals surface area contributed by atoms with Gasteiger partial charge in [-0.25, -0.2) is 18.1 Å². The predicted octanol–water partition coefficient (Wildman–Crippen LogP) is 1.61. The Hall–Kier alpha value is -2.13. The van der Waals surface area contributed by atoms with Gasteiger partial charge in [0.2, 0.25) is 10.0 Å². The third-order valence-electron chi connectivity index (χ3n) is 5.54. The summed E-state index contributed by atoms with van der Waals surface area (Å²) in [6.45, 7) is 0.921. The first-order chi connectivity index (χ1) is 12.6. The highest BCUT2D eigenvalue weighted by Gasteiger charge is 2.48. The van der Waals surface area contributed by atoms with Crippen LogP contribution in [0.3, 0.4) is 0 Å². The van der Waals surface area contributed by atoms with Crippen molar-refractivity contribution in [2.45, 2.75) is 48.7 Å². The summed E-state index contributed by atoms with van der Waals surface area (Å²) in [6.07, 6.45) is 6.56. The molecule has 5 rings (SSSR count). The van der Waals surface area contributed by atoms with Crippen LogP contribution in [0.15, 0.2) is 35.7 Å². The van der Waals surface area contributed by atoms with Gasteiger partial charge in [0, 0.05) is 18.2 Å². The number of aromatic nitrogens is 3. The summed E-state index contributed by atoms with van der Waals surface area (Å²) < 4.78 is 41.3. The molecule has 3 aliphatic rings. The minimum atomic E-state index is -3.57. The van der Waals surface area contributed by atoms with E-state index >= 15 is 0 Å². The van der Waals surface area contributed by atoms with Crippen molar-refractivity contribution in [3.8, 4) is 11.5 Å². The van der Waals surface area contributed by atoms with Gasteiger partial charge in [0.25, 0.3) is 0 Å². The Morgan fingerprint density at radius 3 is 2.42 bits per heavy atom. The summed E-state index contributed by atoms with van der Waals surface area (Å²) in [5.41, 5.74) is 0. The monoisotopic (exact) mass is 376 g/mol. The van der Waals surface area contributed by atoms with Crippen LogP contribution in [0.25, 0.3) is 0 Å². The number of hydrogen-bond acceptors (Lipinski definition) is 6. The molecule has 2 bridgehead atoms. The van der Waals surface area contributed by atoms with E-state index < -0.39 is 10.0 Å². The first-order valence-electron chi connectivity index (χ1n) is 8.90. The Morgan fingerprint density at radius 1 is 1.00 bits per heavy atom. The number of benzene rings is 1. The maximum absolute atomic E-state index is 13.3. The zero-order valence-corrected chi connectivity index (χ0v) is 15.0. The lowest BCUT2D eigenvalue weighted by Crippen LogP contribution is -2.46. The molecule has 4 heterocycles. The van der Waals surface area contributed by atoms with Crippen molar-refractivity contribution in [3.63, 3.8) is 0 Å². The van der Waals surface area contributed by atoms with Crippen molar-refractivity contribution in [3.05, 3.63) is 30.9 Å². The summed E-state index contributed by atoms with van der Waals surface area (Å²) in [5, 5.41) is 4.24. The second kappa shape index (κ2) is 5.95. The Labute approximate surface area is 151 Å². The summed E-state index contributed by atoms with van der Waals surface area (Å²) in [5.74, 6) is 1.10. The van der Waals surface area contributed by atoms with Gasteiger partial charge in [-0.3, -0.25) is 0 Å². The second-order valence-corrected chi connectivity index (χ2v) is 8.87. The summed E-state index contributed by atoms with van der Waals surface area (Å²) in [4.78, 5) is 4.29. The molecular formula is C17H20N4O4S. The smallest absolute Gasteiger partial charge is 0.243 e. The Bertz CT molecular complexity index is 901. The third kappa shape index (κ3) is 2.49. The van der Waals surface area contributed by atoms with Crippen molar-refractivity contribution in [2.75, 3.05) is 13.2 Å². The fourth-order valence-electron chi connectivity index (χ4n) is 4.43. The van der Waals surface area contributed by atoms with E-state index in [4.69, 9.17) is 9.47 Å². The SMILES string of the molecule is O=S(=O)(c1ccc2c(c1)OCCO2)N1C2CCC1CC(n1cncn1)C2. The molecule has 3 aliphatic heterocycles. The van der Waals surface area contributed by atoms with E-state index in [1.807, 2.05) is 4.68 Å². The minimum absolute atomic E-state index is 0.00107. The molecule has 1 aromatic carbocycles. The number of nitrogens with zero attached hydrogens (tertiary/aromatic N) is 4. The lowest BCUT2D eigenvalue weighted by molar-refractivity contribution is 0.170. The molecular weight excluding hydrogens is 356 g/mol. The van der Waals surface area contributed by atoms with Crippen LogP contribution >= 0.6 is 0 Å². The Balaban J connectivity index is 1.44. The average Bonchev–Trinajstić information content (AvgIpc) is 3.28. The molecule has 0 radical (unpaired) electrons. The molecule has 2 unspecified atom stereocenters. The first kappa shape index (κ1) is 16.1. The molecule has 0 N–H and O–H groups in total. The van der Waals surface area contributed by atoms with E-state index in [9.17, 15) is 8.42 Å². The molecule has 0 amide bonds. The van der Waals surface area contributed by atoms with E-state index in [1.165, 1.54) is 6.33 Å². The summed E-state index contributed by atoms with van der Waals surface area (Å²) in [6, 6.07) is 5.10. The zero-order chi connectivity index (χ0) is 17.7. The number of sulfonamides is 1. The van der Waals surface area contributed by atoms with Gasteiger partial charge < -0.3 is 9.47 Å². The van der Waals surface area contributed by atoms with Crippen LogP contribution in [0.4, 0.5) is 0 Å². The normalized spacial score (nSPS) is 28.2. The predicted molar refractivity (Wildman–Crippen MR) is 91.6 cm³/mol. The molecule has 2 atom stereocenters. The largest absolute Gasteiger partial charge is 0.486 e. The third-order valence-corrected chi connectivity index (χ3v) is 7.54. The highest BCUT2D eigenvalue weighted by molar-refractivity contribution is 7.89. The maximum atomic E-state index is 13.3. The highest BCUT2D eigenvalue weighted by Crippen LogP contribution is 2.44. The van der Waals surface area contributed by atoms with Gasteiger partial charge in [0.05, 0.1) is 10.9 Å². The molecule has 2 saturated heterocycles. The molecule has 138 valence electrons. The molecule has 26 heavy (non-hydrogen) atoms. The Morgan fingerprint density at radius 2 is 1.73 bits per heavy atom. The van der Waals surface area contributed by atoms with Gasteiger partial charge in [-0.15, -0.1) is 0 Å². The van der Waals surface area contributed by atoms with Crippen LogP contribution in [0, 0.1) is 0 Å². The standard InChI is InChI=1S/C17H20N4O4S/c22-26(23,15-3-4-16-17(9-15)25-6-5-24-16)21-12-1-2-13(21)8-14(7-12)20-11-18-10-19-20/h3-4,9-14H,1-2,5-8H2. The van der Waals surface area contributed by atoms with Crippen molar-refractivity contribution in [1.29, 1.82) is 0 Å². The van der Waals surface area contributed by atoms with Crippen LogP contribution < -0.4 is 9.47 Å². The molecule has 2 fully saturated rings. The molecule has 0 aliphatic carbocycles. The average molecular weight is 376 g/mol. The van der Waals surface area contributed by atoms with Gasteiger partial charge in [-0.2, -0.15) is 9.40 Å². The van der Waals surface area contributed by atoms with Crippen molar-refractivity contribution < 1.29 is 17.9 Å². The molecule has 8 nitrogen and oxygen atoms in total. The van der Waals surface area contributed by atoms with Gasteiger partial charge in [-0.1, -0.05) is 0 Å². The van der Waals surface area contributed by atoms with E-state index in [0.717, 1.165) is 25.7 Å². The Kier molecular flexibility index (Phi) is 3.68. The minimum Gasteiger partial charge on any atom is -0.486 e. The van der Waals surface area contributed by atoms with Crippen LogP contribution in [-0.2, 0) is 10.0 Å². The molecule has 0 saturated carbocycles. The van der Waals surface area contributed by atoms with E-state index in [-0.39, 0.29) is 23.0 Å². The molecule has 9 heteroatoms. The fraction of sp³-hybridized carbons (Fsp3) is 0.529. The lowest BCUT2D eigenvalue weighted by Gasteiger charge is -2.37. The van der Waals surface area contributed by atoms with E-state index in [0.29, 0.717) is 24.7 Å². The van der Waals surface area contributed by atoms with Gasteiger partial charge in [0.15, 0.2) is 11.5 Å². The first-order valence-corrected chi connectivity index (χ1v) is 10.3. The van der Waals surface area contributed by atoms with Gasteiger partial charge >= 0.3 is 0 Å². The number of rotatable bonds is 3. The number of hydrogen-bond donors (Lipinski definition) is 0. The highest BCUT2D eigenvalue weighted by atomic mass is 32.2. The summed E-state index contributed by atoms with van der Waals surface area (Å²) in [7, 11) is -3.57. The van der Waals surface area contributed by atoms with Gasteiger partial charge in [-0.05, 0) is 37.8 Å². The number of piperidine rings is 1. The lowest BCUT2D eigenvalue weighted by atomic mass is 10.0. The zero-order valence-electron chi connectivity index (χ0n) is 14.2. The maximum Gasteiger partial charge on any atom is 0.243 e. The molecule has 0 spiro atoms. The number of ether oxygens (including phenoxy) is 2. The van der Waals surface area contributed by atoms with Crippen molar-refractivity contribution in [1.82, 2.24) is 19.1 Å².